The van der Waals surface area contributed by atoms with Gasteiger partial charge in [0, 0.05) is 6.20 Å². The summed E-state index contributed by atoms with van der Waals surface area (Å²) in [7, 11) is -3.31. The van der Waals surface area contributed by atoms with Crippen LogP contribution in [0.1, 0.15) is 25.6 Å². The van der Waals surface area contributed by atoms with E-state index in [1.807, 2.05) is 0 Å². The standard InChI is InChI=1S/C18H29N4O10PS/c1-9(2)6-10(17(26)27)21-33(29,32-8-13(23)30-3)31-7-11-14(24)15(25)16(34-11)22-5-4-12(19)20-18(22)28/h4-5,9-11,14-16,24-25H,6-8H2,1-3H3,(H,21,29)(H,26,27)(H2,19,20,28)/t10?,11-,14-,15+,16-,33?/m1/s1. The zero-order valence-electron chi connectivity index (χ0n) is 18.8. The number of anilines is 1. The van der Waals surface area contributed by atoms with E-state index in [2.05, 4.69) is 14.8 Å². The van der Waals surface area contributed by atoms with Crippen LogP contribution in [0.3, 0.4) is 0 Å². The molecular formula is C18H29N4O10PS. The summed E-state index contributed by atoms with van der Waals surface area (Å²) in [5.74, 6) is -2.27. The number of aliphatic hydroxyl groups is 2. The van der Waals surface area contributed by atoms with E-state index in [1.165, 1.54) is 12.3 Å². The number of aliphatic carboxylic acids is 1. The van der Waals surface area contributed by atoms with Crippen molar-refractivity contribution >= 4 is 37.3 Å². The first kappa shape index (κ1) is 28.2. The summed E-state index contributed by atoms with van der Waals surface area (Å²) < 4.78 is 29.2. The fraction of sp³-hybridized carbons (Fsp3) is 0.667. The lowest BCUT2D eigenvalue weighted by molar-refractivity contribution is -0.143. The maximum Gasteiger partial charge on any atom is 0.406 e. The molecule has 0 radical (unpaired) electrons. The molecule has 0 saturated carbocycles. The lowest BCUT2D eigenvalue weighted by Crippen LogP contribution is -2.38. The Labute approximate surface area is 199 Å². The van der Waals surface area contributed by atoms with Crippen molar-refractivity contribution in [2.45, 2.75) is 49.1 Å². The van der Waals surface area contributed by atoms with Gasteiger partial charge in [0.15, 0.2) is 6.61 Å². The molecule has 14 nitrogen and oxygen atoms in total. The number of aliphatic hydroxyl groups excluding tert-OH is 2. The molecule has 2 unspecified atom stereocenters. The zero-order valence-corrected chi connectivity index (χ0v) is 20.5. The van der Waals surface area contributed by atoms with Gasteiger partial charge in [-0.05, 0) is 18.4 Å². The van der Waals surface area contributed by atoms with Crippen LogP contribution in [0.4, 0.5) is 5.82 Å². The van der Waals surface area contributed by atoms with Crippen molar-refractivity contribution in [3.05, 3.63) is 22.7 Å². The van der Waals surface area contributed by atoms with Crippen LogP contribution in [0.2, 0.25) is 0 Å². The molecule has 0 bridgehead atoms. The van der Waals surface area contributed by atoms with Crippen molar-refractivity contribution in [2.24, 2.45) is 5.92 Å². The van der Waals surface area contributed by atoms with Crippen LogP contribution in [-0.2, 0) is 27.9 Å². The highest BCUT2D eigenvalue weighted by Gasteiger charge is 2.45. The number of thioether (sulfide) groups is 1. The van der Waals surface area contributed by atoms with Crippen molar-refractivity contribution < 1.29 is 43.3 Å². The summed E-state index contributed by atoms with van der Waals surface area (Å²) in [6.45, 7) is 2.27. The van der Waals surface area contributed by atoms with Crippen molar-refractivity contribution in [3.8, 4) is 0 Å². The van der Waals surface area contributed by atoms with Crippen LogP contribution in [0.5, 0.6) is 0 Å². The molecule has 192 valence electrons. The fourth-order valence-corrected chi connectivity index (χ4v) is 6.06. The summed E-state index contributed by atoms with van der Waals surface area (Å²) in [5.41, 5.74) is 4.73. The first-order chi connectivity index (χ1) is 15.9. The predicted molar refractivity (Wildman–Crippen MR) is 121 cm³/mol. The normalized spacial score (nSPS) is 25.1. The molecule has 0 amide bonds. The lowest BCUT2D eigenvalue weighted by Gasteiger charge is -2.25. The number of nitrogens with two attached hydrogens (primary N) is 1. The highest BCUT2D eigenvalue weighted by molar-refractivity contribution is 8.00. The number of carboxylic acids is 1. The third-order valence-electron chi connectivity index (χ3n) is 4.77. The monoisotopic (exact) mass is 524 g/mol. The van der Waals surface area contributed by atoms with Crippen molar-refractivity contribution in [1.29, 1.82) is 0 Å². The van der Waals surface area contributed by atoms with E-state index in [0.717, 1.165) is 23.4 Å². The summed E-state index contributed by atoms with van der Waals surface area (Å²) in [6.07, 6.45) is -1.41. The maximum absolute atomic E-state index is 13.3. The Morgan fingerprint density at radius 1 is 1.32 bits per heavy atom. The molecule has 6 atom stereocenters. The van der Waals surface area contributed by atoms with E-state index in [-0.39, 0.29) is 18.2 Å². The Balaban J connectivity index is 2.17. The summed E-state index contributed by atoms with van der Waals surface area (Å²) in [5, 5.41) is 30.8. The number of nitrogens with zero attached hydrogens (tertiary/aromatic N) is 2. The second-order valence-corrected chi connectivity index (χ2v) is 11.0. The van der Waals surface area contributed by atoms with E-state index < -0.39 is 67.5 Å². The predicted octanol–water partition coefficient (Wildman–Crippen LogP) is -0.435. The molecule has 0 spiro atoms. The molecule has 6 N–H and O–H groups in total. The Hall–Kier alpha value is -2.00. The van der Waals surface area contributed by atoms with E-state index in [4.69, 9.17) is 14.8 Å². The summed E-state index contributed by atoms with van der Waals surface area (Å²) in [4.78, 5) is 38.8. The highest BCUT2D eigenvalue weighted by Crippen LogP contribution is 2.48. The number of carbonyl (C=O) groups is 2. The SMILES string of the molecule is COC(=O)COP(=O)(NC(CC(C)C)C(=O)O)OC[C@H]1S[C@@H](n2ccc(N)nc2=O)[C@@H](O)[C@@H]1O. The van der Waals surface area contributed by atoms with Crippen molar-refractivity contribution in [1.82, 2.24) is 14.6 Å². The molecule has 16 heteroatoms. The Morgan fingerprint density at radius 3 is 2.56 bits per heavy atom. The van der Waals surface area contributed by atoms with Gasteiger partial charge in [0.2, 0.25) is 0 Å². The topological polar surface area (TPSA) is 213 Å². The third kappa shape index (κ3) is 7.50. The largest absolute Gasteiger partial charge is 0.480 e. The molecule has 1 aromatic heterocycles. The number of esters is 1. The zero-order chi connectivity index (χ0) is 25.6. The Morgan fingerprint density at radius 2 is 2.00 bits per heavy atom. The molecule has 1 aliphatic heterocycles. The van der Waals surface area contributed by atoms with Crippen LogP contribution in [0.15, 0.2) is 17.1 Å². The third-order valence-corrected chi connectivity index (χ3v) is 7.91. The van der Waals surface area contributed by atoms with Gasteiger partial charge in [0.25, 0.3) is 0 Å². The quantitative estimate of drug-likeness (QED) is 0.173. The number of hydrogen-bond acceptors (Lipinski definition) is 12. The molecule has 2 heterocycles. The van der Waals surface area contributed by atoms with Gasteiger partial charge in [-0.2, -0.15) is 4.98 Å². The lowest BCUT2D eigenvalue weighted by atomic mass is 10.1. The van der Waals surface area contributed by atoms with Gasteiger partial charge in [-0.3, -0.25) is 18.4 Å². The first-order valence-corrected chi connectivity index (χ1v) is 12.7. The van der Waals surface area contributed by atoms with Gasteiger partial charge in [-0.25, -0.2) is 19.2 Å². The van der Waals surface area contributed by atoms with E-state index in [1.54, 1.807) is 13.8 Å². The highest BCUT2D eigenvalue weighted by atomic mass is 32.2. The van der Waals surface area contributed by atoms with Gasteiger partial charge < -0.3 is 25.8 Å². The van der Waals surface area contributed by atoms with Gasteiger partial charge >= 0.3 is 25.4 Å². The van der Waals surface area contributed by atoms with Crippen molar-refractivity contribution in [2.75, 3.05) is 26.1 Å². The van der Waals surface area contributed by atoms with Crippen LogP contribution >= 0.6 is 19.5 Å². The number of aromatic nitrogens is 2. The Kier molecular flexibility index (Phi) is 10.1. The average molecular weight is 524 g/mol. The van der Waals surface area contributed by atoms with Gasteiger partial charge in [0.1, 0.15) is 23.3 Å². The number of methoxy groups -OCH3 is 1. The molecule has 1 aromatic rings. The first-order valence-electron chi connectivity index (χ1n) is 10.2. The second-order valence-electron chi connectivity index (χ2n) is 7.88. The van der Waals surface area contributed by atoms with Gasteiger partial charge in [0.05, 0.1) is 25.1 Å². The summed E-state index contributed by atoms with van der Waals surface area (Å²) >= 11 is 0.950. The number of hydrogen-bond donors (Lipinski definition) is 5. The van der Waals surface area contributed by atoms with Gasteiger partial charge in [-0.15, -0.1) is 11.8 Å². The number of ether oxygens (including phenoxy) is 1. The van der Waals surface area contributed by atoms with E-state index in [9.17, 15) is 34.3 Å². The molecule has 2 rings (SSSR count). The van der Waals surface area contributed by atoms with Crippen LogP contribution in [0.25, 0.3) is 0 Å². The number of carboxylic acid groups (broad SMARTS) is 1. The number of rotatable bonds is 12. The minimum atomic E-state index is -4.39. The smallest absolute Gasteiger partial charge is 0.406 e. The number of nitrogen functional groups attached to an aromatic ring is 1. The Bertz CT molecular complexity index is 976. The maximum atomic E-state index is 13.3. The van der Waals surface area contributed by atoms with E-state index in [0.29, 0.717) is 0 Å². The van der Waals surface area contributed by atoms with Crippen LogP contribution in [0, 0.1) is 5.92 Å². The number of carbonyl (C=O) groups excluding carboxylic acids is 1. The molecule has 1 saturated heterocycles. The number of nitrogens with one attached hydrogen (secondary N) is 1. The second kappa shape index (κ2) is 12.1. The molecular weight excluding hydrogens is 495 g/mol. The minimum Gasteiger partial charge on any atom is -0.480 e. The fourth-order valence-electron chi connectivity index (χ4n) is 3.07. The summed E-state index contributed by atoms with van der Waals surface area (Å²) in [6, 6.07) is 0.0344. The van der Waals surface area contributed by atoms with Gasteiger partial charge in [-0.1, -0.05) is 13.8 Å². The van der Waals surface area contributed by atoms with E-state index >= 15 is 0 Å². The minimum absolute atomic E-state index is 0.0108. The van der Waals surface area contributed by atoms with Crippen molar-refractivity contribution in [3.63, 3.8) is 0 Å². The molecule has 0 aromatic carbocycles. The average Bonchev–Trinajstić information content (AvgIpc) is 3.04. The van der Waals surface area contributed by atoms with Crippen LogP contribution < -0.4 is 16.5 Å². The molecule has 1 aliphatic rings. The molecule has 34 heavy (non-hydrogen) atoms. The molecule has 0 aliphatic carbocycles. The molecule has 1 fully saturated rings. The van der Waals surface area contributed by atoms with Crippen LogP contribution in [-0.4, -0.2) is 80.6 Å².